The predicted octanol–water partition coefficient (Wildman–Crippen LogP) is 1.84. The lowest BCUT2D eigenvalue weighted by Crippen LogP contribution is -2.47. The highest BCUT2D eigenvalue weighted by Gasteiger charge is 2.49. The molecule has 2 aliphatic rings. The minimum atomic E-state index is -0.149. The molecule has 3 heterocycles. The van der Waals surface area contributed by atoms with Crippen LogP contribution in [0.5, 0.6) is 0 Å². The van der Waals surface area contributed by atoms with Gasteiger partial charge in [-0.25, -0.2) is 4.98 Å². The molecule has 3 rings (SSSR count). The number of fused-ring (bicyclic) bond motifs is 2. The maximum absolute atomic E-state index is 12.7. The van der Waals surface area contributed by atoms with Gasteiger partial charge in [0.25, 0.3) is 5.91 Å². The Balaban J connectivity index is 1.64. The van der Waals surface area contributed by atoms with E-state index in [0.29, 0.717) is 18.2 Å². The van der Waals surface area contributed by atoms with E-state index in [4.69, 9.17) is 9.15 Å². The van der Waals surface area contributed by atoms with Crippen molar-refractivity contribution in [2.24, 2.45) is 11.8 Å². The Morgan fingerprint density at radius 2 is 2.24 bits per heavy atom. The summed E-state index contributed by atoms with van der Waals surface area (Å²) in [5.41, 5.74) is 0.334. The van der Waals surface area contributed by atoms with Crippen molar-refractivity contribution in [2.75, 3.05) is 13.7 Å². The van der Waals surface area contributed by atoms with Crippen LogP contribution < -0.4 is 5.32 Å². The van der Waals surface area contributed by atoms with Gasteiger partial charge in [0.1, 0.15) is 6.26 Å². The molecule has 1 aromatic rings. The summed E-state index contributed by atoms with van der Waals surface area (Å²) in [5, 5.41) is 3.17. The van der Waals surface area contributed by atoms with E-state index >= 15 is 0 Å². The second kappa shape index (κ2) is 7.56. The lowest BCUT2D eigenvalue weighted by atomic mass is 9.93. The average Bonchev–Trinajstić information content (AvgIpc) is 3.29. The number of carbonyl (C=O) groups is 2. The van der Waals surface area contributed by atoms with Crippen molar-refractivity contribution < 1.29 is 18.7 Å². The van der Waals surface area contributed by atoms with E-state index in [9.17, 15) is 9.59 Å². The van der Waals surface area contributed by atoms with E-state index in [2.05, 4.69) is 24.1 Å². The SMILES string of the molecule is COCC(CC(C)C)C(=O)N[C@@H]1C[C@@H]2CC[C@H]1N2C(=O)c1cocn1. The van der Waals surface area contributed by atoms with Crippen molar-refractivity contribution in [1.82, 2.24) is 15.2 Å². The van der Waals surface area contributed by atoms with Crippen molar-refractivity contribution in [2.45, 2.75) is 57.7 Å². The van der Waals surface area contributed by atoms with Crippen LogP contribution in [0.15, 0.2) is 17.1 Å². The molecule has 7 nitrogen and oxygen atoms in total. The highest BCUT2D eigenvalue weighted by atomic mass is 16.5. The van der Waals surface area contributed by atoms with Crippen LogP contribution in [0.4, 0.5) is 0 Å². The van der Waals surface area contributed by atoms with Crippen molar-refractivity contribution >= 4 is 11.8 Å². The van der Waals surface area contributed by atoms with Crippen molar-refractivity contribution in [3.8, 4) is 0 Å². The molecule has 1 aromatic heterocycles. The van der Waals surface area contributed by atoms with Crippen LogP contribution in [0.1, 0.15) is 50.0 Å². The largest absolute Gasteiger partial charge is 0.451 e. The van der Waals surface area contributed by atoms with Gasteiger partial charge in [-0.3, -0.25) is 9.59 Å². The second-order valence-corrected chi connectivity index (χ2v) is 7.52. The van der Waals surface area contributed by atoms with Gasteiger partial charge in [0, 0.05) is 13.2 Å². The molecule has 0 aromatic carbocycles. The van der Waals surface area contributed by atoms with Crippen molar-refractivity contribution in [3.63, 3.8) is 0 Å². The first-order valence-corrected chi connectivity index (χ1v) is 9.01. The van der Waals surface area contributed by atoms with Crippen LogP contribution in [0.25, 0.3) is 0 Å². The molecule has 2 amide bonds. The minimum Gasteiger partial charge on any atom is -0.451 e. The lowest BCUT2D eigenvalue weighted by Gasteiger charge is -2.26. The number of hydrogen-bond donors (Lipinski definition) is 1. The number of nitrogens with zero attached hydrogens (tertiary/aromatic N) is 2. The maximum atomic E-state index is 12.7. The van der Waals surface area contributed by atoms with Gasteiger partial charge in [-0.15, -0.1) is 0 Å². The molecular formula is C18H27N3O4. The fourth-order valence-electron chi connectivity index (χ4n) is 4.23. The fraction of sp³-hybridized carbons (Fsp3) is 0.722. The van der Waals surface area contributed by atoms with E-state index in [-0.39, 0.29) is 35.9 Å². The van der Waals surface area contributed by atoms with Crippen LogP contribution in [-0.2, 0) is 9.53 Å². The van der Waals surface area contributed by atoms with Gasteiger partial charge in [0.15, 0.2) is 12.1 Å². The highest BCUT2D eigenvalue weighted by molar-refractivity contribution is 5.93. The fourth-order valence-corrected chi connectivity index (χ4v) is 4.23. The summed E-state index contributed by atoms with van der Waals surface area (Å²) in [6.07, 6.45) is 6.15. The maximum Gasteiger partial charge on any atom is 0.276 e. The zero-order valence-electron chi connectivity index (χ0n) is 15.1. The Morgan fingerprint density at radius 1 is 1.44 bits per heavy atom. The third kappa shape index (κ3) is 3.71. The molecule has 2 saturated heterocycles. The summed E-state index contributed by atoms with van der Waals surface area (Å²) in [7, 11) is 1.62. The predicted molar refractivity (Wildman–Crippen MR) is 90.9 cm³/mol. The van der Waals surface area contributed by atoms with Crippen LogP contribution in [-0.4, -0.2) is 53.5 Å². The first kappa shape index (κ1) is 17.9. The number of oxazole rings is 1. The Hall–Kier alpha value is -1.89. The summed E-state index contributed by atoms with van der Waals surface area (Å²) >= 11 is 0. The summed E-state index contributed by atoms with van der Waals surface area (Å²) in [6, 6.07) is 0.222. The zero-order chi connectivity index (χ0) is 18.0. The van der Waals surface area contributed by atoms with Crippen LogP contribution in [0.2, 0.25) is 0 Å². The second-order valence-electron chi connectivity index (χ2n) is 7.52. The van der Waals surface area contributed by atoms with Crippen molar-refractivity contribution in [1.29, 1.82) is 0 Å². The minimum absolute atomic E-state index is 0.00798. The molecule has 138 valence electrons. The first-order valence-electron chi connectivity index (χ1n) is 9.01. The van der Waals surface area contributed by atoms with Crippen LogP contribution >= 0.6 is 0 Å². The summed E-state index contributed by atoms with van der Waals surface area (Å²) < 4.78 is 10.1. The van der Waals surface area contributed by atoms with E-state index in [0.717, 1.165) is 25.7 Å². The number of methoxy groups -OCH3 is 1. The average molecular weight is 349 g/mol. The van der Waals surface area contributed by atoms with Crippen LogP contribution in [0.3, 0.4) is 0 Å². The van der Waals surface area contributed by atoms with Gasteiger partial charge >= 0.3 is 0 Å². The molecular weight excluding hydrogens is 322 g/mol. The van der Waals surface area contributed by atoms with E-state index in [1.54, 1.807) is 7.11 Å². The number of hydrogen-bond acceptors (Lipinski definition) is 5. The monoisotopic (exact) mass is 349 g/mol. The van der Waals surface area contributed by atoms with Gasteiger partial charge < -0.3 is 19.4 Å². The quantitative estimate of drug-likeness (QED) is 0.812. The third-order valence-electron chi connectivity index (χ3n) is 5.24. The summed E-state index contributed by atoms with van der Waals surface area (Å²) in [6.45, 7) is 4.63. The molecule has 2 aliphatic heterocycles. The number of amides is 2. The van der Waals surface area contributed by atoms with Crippen molar-refractivity contribution in [3.05, 3.63) is 18.4 Å². The molecule has 0 saturated carbocycles. The molecule has 1 unspecified atom stereocenters. The van der Waals surface area contributed by atoms with Gasteiger partial charge in [-0.1, -0.05) is 13.8 Å². The third-order valence-corrected chi connectivity index (χ3v) is 5.24. The zero-order valence-corrected chi connectivity index (χ0v) is 15.1. The summed E-state index contributed by atoms with van der Waals surface area (Å²) in [5.74, 6) is 0.204. The molecule has 0 radical (unpaired) electrons. The number of aromatic nitrogens is 1. The van der Waals surface area contributed by atoms with Gasteiger partial charge in [0.05, 0.1) is 24.6 Å². The molecule has 25 heavy (non-hydrogen) atoms. The Morgan fingerprint density at radius 3 is 2.88 bits per heavy atom. The highest BCUT2D eigenvalue weighted by Crippen LogP contribution is 2.38. The Bertz CT molecular complexity index is 601. The van der Waals surface area contributed by atoms with Gasteiger partial charge in [-0.05, 0) is 31.6 Å². The molecule has 1 N–H and O–H groups in total. The lowest BCUT2D eigenvalue weighted by molar-refractivity contribution is -0.128. The number of carbonyl (C=O) groups excluding carboxylic acids is 2. The first-order chi connectivity index (χ1) is 12.0. The molecule has 0 aliphatic carbocycles. The van der Waals surface area contributed by atoms with E-state index in [1.807, 2.05) is 4.90 Å². The Kier molecular flexibility index (Phi) is 5.42. The molecule has 2 fully saturated rings. The standard InChI is InChI=1S/C18H27N3O4/c1-11(2)6-12(8-24-3)17(22)20-14-7-13-4-5-16(14)21(13)18(23)15-9-25-10-19-15/h9-14,16H,4-8H2,1-3H3,(H,20,22)/t12?,13-,14+,16+/m0/s1. The van der Waals surface area contributed by atoms with E-state index < -0.39 is 0 Å². The van der Waals surface area contributed by atoms with Crippen LogP contribution in [0, 0.1) is 11.8 Å². The normalized spacial score (nSPS) is 26.2. The summed E-state index contributed by atoms with van der Waals surface area (Å²) in [4.78, 5) is 31.2. The van der Waals surface area contributed by atoms with Gasteiger partial charge in [-0.2, -0.15) is 0 Å². The van der Waals surface area contributed by atoms with E-state index in [1.165, 1.54) is 12.7 Å². The smallest absolute Gasteiger partial charge is 0.276 e. The number of rotatable bonds is 7. The number of ether oxygens (including phenoxy) is 1. The molecule has 4 atom stereocenters. The Labute approximate surface area is 148 Å². The topological polar surface area (TPSA) is 84.7 Å². The van der Waals surface area contributed by atoms with Gasteiger partial charge in [0.2, 0.25) is 5.91 Å². The number of nitrogens with one attached hydrogen (secondary N) is 1. The molecule has 7 heteroatoms. The molecule has 2 bridgehead atoms. The molecule has 0 spiro atoms.